The van der Waals surface area contributed by atoms with E-state index in [1.165, 1.54) is 6.07 Å². The average Bonchev–Trinajstić information content (AvgIpc) is 2.79. The molecule has 0 aliphatic rings. The van der Waals surface area contributed by atoms with Crippen molar-refractivity contribution in [2.45, 2.75) is 25.6 Å². The standard InChI is InChI=1S/C25H26F4N4O/c1-33(2)14-4-5-19-15-17(7-12-21(19)26)16-31-23-22(6-3-13-30-23)32-24(34)18-8-10-20(11-9-18)25(27,28)29/h3,6-13,15H,4-5,14,16H2,1-2H3,(H,30,31)(H,32,34). The summed E-state index contributed by atoms with van der Waals surface area (Å²) in [6.07, 6.45) is -1.47. The van der Waals surface area contributed by atoms with Gasteiger partial charge in [-0.05, 0) is 87.1 Å². The fourth-order valence-electron chi connectivity index (χ4n) is 3.35. The summed E-state index contributed by atoms with van der Waals surface area (Å²) in [7, 11) is 3.94. The number of carbonyl (C=O) groups excluding carboxylic acids is 1. The van der Waals surface area contributed by atoms with Crippen LogP contribution in [0.4, 0.5) is 29.1 Å². The number of hydrogen-bond acceptors (Lipinski definition) is 4. The first-order valence-electron chi connectivity index (χ1n) is 10.7. The van der Waals surface area contributed by atoms with Crippen LogP contribution in [0.3, 0.4) is 0 Å². The third-order valence-electron chi connectivity index (χ3n) is 5.15. The number of halogens is 4. The molecule has 0 unspecified atom stereocenters. The molecular formula is C25H26F4N4O. The normalized spacial score (nSPS) is 11.5. The van der Waals surface area contributed by atoms with E-state index in [9.17, 15) is 22.4 Å². The van der Waals surface area contributed by atoms with Crippen LogP contribution in [-0.2, 0) is 19.1 Å². The van der Waals surface area contributed by atoms with E-state index in [4.69, 9.17) is 0 Å². The Balaban J connectivity index is 1.66. The van der Waals surface area contributed by atoms with E-state index in [1.807, 2.05) is 19.0 Å². The topological polar surface area (TPSA) is 57.3 Å². The molecule has 0 saturated heterocycles. The van der Waals surface area contributed by atoms with Gasteiger partial charge in [0, 0.05) is 18.3 Å². The molecule has 1 aromatic heterocycles. The van der Waals surface area contributed by atoms with Crippen LogP contribution in [-0.4, -0.2) is 36.4 Å². The van der Waals surface area contributed by atoms with Crippen LogP contribution in [0.1, 0.15) is 33.5 Å². The summed E-state index contributed by atoms with van der Waals surface area (Å²) in [5, 5.41) is 5.80. The first-order valence-corrected chi connectivity index (χ1v) is 10.7. The van der Waals surface area contributed by atoms with Gasteiger partial charge in [0.25, 0.3) is 5.91 Å². The Kier molecular flexibility index (Phi) is 8.22. The number of alkyl halides is 3. The first kappa shape index (κ1) is 25.2. The molecule has 3 rings (SSSR count). The fourth-order valence-corrected chi connectivity index (χ4v) is 3.35. The first-order chi connectivity index (χ1) is 16.1. The highest BCUT2D eigenvalue weighted by Gasteiger charge is 2.30. The van der Waals surface area contributed by atoms with Crippen molar-refractivity contribution in [1.29, 1.82) is 0 Å². The number of amides is 1. The van der Waals surface area contributed by atoms with Crippen LogP contribution in [0.2, 0.25) is 0 Å². The molecule has 0 radical (unpaired) electrons. The zero-order valence-electron chi connectivity index (χ0n) is 18.9. The van der Waals surface area contributed by atoms with E-state index in [0.29, 0.717) is 30.0 Å². The summed E-state index contributed by atoms with van der Waals surface area (Å²) in [5.41, 5.74) is 1.13. The van der Waals surface area contributed by atoms with Gasteiger partial charge in [-0.15, -0.1) is 0 Å². The van der Waals surface area contributed by atoms with Gasteiger partial charge in [-0.25, -0.2) is 9.37 Å². The van der Waals surface area contributed by atoms with Gasteiger partial charge in [-0.2, -0.15) is 13.2 Å². The molecule has 0 spiro atoms. The number of aromatic nitrogens is 1. The van der Waals surface area contributed by atoms with Gasteiger partial charge in [0.1, 0.15) is 11.6 Å². The molecule has 5 nitrogen and oxygen atoms in total. The van der Waals surface area contributed by atoms with Crippen LogP contribution < -0.4 is 10.6 Å². The van der Waals surface area contributed by atoms with Crippen LogP contribution in [0, 0.1) is 5.82 Å². The number of pyridine rings is 1. The maximum Gasteiger partial charge on any atom is 0.416 e. The summed E-state index contributed by atoms with van der Waals surface area (Å²) >= 11 is 0. The average molecular weight is 475 g/mol. The molecule has 0 saturated carbocycles. The van der Waals surface area contributed by atoms with Gasteiger partial charge in [-0.1, -0.05) is 12.1 Å². The summed E-state index contributed by atoms with van der Waals surface area (Å²) in [6, 6.07) is 12.2. The molecule has 0 aliphatic carbocycles. The second-order valence-corrected chi connectivity index (χ2v) is 8.11. The Labute approximate surface area is 195 Å². The minimum atomic E-state index is -4.47. The molecule has 2 N–H and O–H groups in total. The van der Waals surface area contributed by atoms with Crippen molar-refractivity contribution in [3.05, 3.63) is 88.9 Å². The maximum atomic E-state index is 14.2. The molecule has 2 aromatic carbocycles. The summed E-state index contributed by atoms with van der Waals surface area (Å²) in [5.74, 6) is -0.416. The van der Waals surface area contributed by atoms with Crippen molar-refractivity contribution >= 4 is 17.4 Å². The predicted molar refractivity (Wildman–Crippen MR) is 124 cm³/mol. The number of benzene rings is 2. The highest BCUT2D eigenvalue weighted by molar-refractivity contribution is 6.05. The van der Waals surface area contributed by atoms with Crippen LogP contribution in [0.5, 0.6) is 0 Å². The second kappa shape index (κ2) is 11.1. The number of aryl methyl sites for hydroxylation is 1. The van der Waals surface area contributed by atoms with Gasteiger partial charge in [0.05, 0.1) is 11.3 Å². The molecule has 0 atom stereocenters. The number of carbonyl (C=O) groups is 1. The maximum absolute atomic E-state index is 14.2. The minimum Gasteiger partial charge on any atom is -0.364 e. The van der Waals surface area contributed by atoms with E-state index < -0.39 is 17.6 Å². The van der Waals surface area contributed by atoms with E-state index in [1.54, 1.807) is 30.5 Å². The lowest BCUT2D eigenvalue weighted by Crippen LogP contribution is -2.15. The lowest BCUT2D eigenvalue weighted by atomic mass is 10.1. The zero-order valence-corrected chi connectivity index (χ0v) is 18.9. The Morgan fingerprint density at radius 1 is 1.06 bits per heavy atom. The van der Waals surface area contributed by atoms with Crippen molar-refractivity contribution < 1.29 is 22.4 Å². The monoisotopic (exact) mass is 474 g/mol. The predicted octanol–water partition coefficient (Wildman–Crippen LogP) is 5.60. The van der Waals surface area contributed by atoms with Crippen LogP contribution in [0.15, 0.2) is 60.8 Å². The number of nitrogens with one attached hydrogen (secondary N) is 2. The Hall–Kier alpha value is -3.46. The lowest BCUT2D eigenvalue weighted by Gasteiger charge is -2.14. The largest absolute Gasteiger partial charge is 0.416 e. The van der Waals surface area contributed by atoms with E-state index in [-0.39, 0.29) is 11.4 Å². The van der Waals surface area contributed by atoms with Gasteiger partial charge in [-0.3, -0.25) is 4.79 Å². The van der Waals surface area contributed by atoms with Crippen LogP contribution >= 0.6 is 0 Å². The third-order valence-corrected chi connectivity index (χ3v) is 5.15. The Morgan fingerprint density at radius 2 is 1.79 bits per heavy atom. The van der Waals surface area contributed by atoms with Gasteiger partial charge in [0.2, 0.25) is 0 Å². The number of rotatable bonds is 9. The summed E-state index contributed by atoms with van der Waals surface area (Å²) in [6.45, 7) is 1.21. The highest BCUT2D eigenvalue weighted by Crippen LogP contribution is 2.29. The molecule has 0 aliphatic heterocycles. The van der Waals surface area contributed by atoms with Crippen molar-refractivity contribution in [2.24, 2.45) is 0 Å². The van der Waals surface area contributed by atoms with Gasteiger partial charge in [0.15, 0.2) is 0 Å². The number of hydrogen-bond donors (Lipinski definition) is 2. The second-order valence-electron chi connectivity index (χ2n) is 8.11. The molecule has 3 aromatic rings. The van der Waals surface area contributed by atoms with E-state index in [2.05, 4.69) is 15.6 Å². The third kappa shape index (κ3) is 7.02. The molecular weight excluding hydrogens is 448 g/mol. The van der Waals surface area contributed by atoms with Crippen molar-refractivity contribution in [3.8, 4) is 0 Å². The van der Waals surface area contributed by atoms with Gasteiger partial charge < -0.3 is 15.5 Å². The smallest absolute Gasteiger partial charge is 0.364 e. The van der Waals surface area contributed by atoms with Crippen molar-refractivity contribution in [3.63, 3.8) is 0 Å². The number of nitrogens with zero attached hydrogens (tertiary/aromatic N) is 2. The minimum absolute atomic E-state index is 0.0868. The Morgan fingerprint density at radius 3 is 2.47 bits per heavy atom. The molecule has 0 bridgehead atoms. The summed E-state index contributed by atoms with van der Waals surface area (Å²) in [4.78, 5) is 18.8. The molecule has 1 heterocycles. The molecule has 0 fully saturated rings. The number of anilines is 2. The van der Waals surface area contributed by atoms with Crippen molar-refractivity contribution in [1.82, 2.24) is 9.88 Å². The quantitative estimate of drug-likeness (QED) is 0.397. The molecule has 180 valence electrons. The summed E-state index contributed by atoms with van der Waals surface area (Å²) < 4.78 is 52.4. The zero-order chi connectivity index (χ0) is 24.7. The van der Waals surface area contributed by atoms with Crippen molar-refractivity contribution in [2.75, 3.05) is 31.3 Å². The van der Waals surface area contributed by atoms with E-state index in [0.717, 1.165) is 42.8 Å². The SMILES string of the molecule is CN(C)CCCc1cc(CNc2ncccc2NC(=O)c2ccc(C(F)(F)F)cc2)ccc1F. The van der Waals surface area contributed by atoms with Crippen LogP contribution in [0.25, 0.3) is 0 Å². The molecule has 1 amide bonds. The highest BCUT2D eigenvalue weighted by atomic mass is 19.4. The Bertz CT molecular complexity index is 1110. The lowest BCUT2D eigenvalue weighted by molar-refractivity contribution is -0.137. The molecule has 9 heteroatoms. The fraction of sp³-hybridized carbons (Fsp3) is 0.280. The van der Waals surface area contributed by atoms with E-state index >= 15 is 0 Å². The van der Waals surface area contributed by atoms with Gasteiger partial charge >= 0.3 is 6.18 Å². The molecule has 34 heavy (non-hydrogen) atoms.